The van der Waals surface area contributed by atoms with Crippen LogP contribution in [0, 0.1) is 6.92 Å². The number of hydrogen-bond acceptors (Lipinski definition) is 5. The predicted molar refractivity (Wildman–Crippen MR) is 96.9 cm³/mol. The molecule has 1 N–H and O–H groups in total. The van der Waals surface area contributed by atoms with E-state index >= 15 is 0 Å². The Balaban J connectivity index is 1.79. The third-order valence-electron chi connectivity index (χ3n) is 4.21. The van der Waals surface area contributed by atoms with E-state index in [0.717, 1.165) is 67.3 Å². The molecule has 1 aliphatic rings. The van der Waals surface area contributed by atoms with Crippen molar-refractivity contribution in [3.8, 4) is 0 Å². The SMILES string of the molecule is CCCn1c(C)nnc1CNc1cccc(Cl)c1N1CCOCC1. The van der Waals surface area contributed by atoms with Crippen LogP contribution in [0.15, 0.2) is 18.2 Å². The van der Waals surface area contributed by atoms with Gasteiger partial charge in [0.1, 0.15) is 5.82 Å². The molecular formula is C17H24ClN5O. The molecule has 0 amide bonds. The highest BCUT2D eigenvalue weighted by molar-refractivity contribution is 6.34. The maximum atomic E-state index is 6.47. The number of nitrogens with one attached hydrogen (secondary N) is 1. The van der Waals surface area contributed by atoms with E-state index in [1.54, 1.807) is 0 Å². The van der Waals surface area contributed by atoms with Crippen LogP contribution in [-0.2, 0) is 17.8 Å². The highest BCUT2D eigenvalue weighted by atomic mass is 35.5. The van der Waals surface area contributed by atoms with Crippen LogP contribution in [0.25, 0.3) is 0 Å². The Hall–Kier alpha value is -1.79. The van der Waals surface area contributed by atoms with Gasteiger partial charge in [-0.05, 0) is 25.5 Å². The number of halogens is 1. The van der Waals surface area contributed by atoms with Gasteiger partial charge in [0.2, 0.25) is 0 Å². The fourth-order valence-electron chi connectivity index (χ4n) is 3.01. The van der Waals surface area contributed by atoms with Crippen molar-refractivity contribution in [3.63, 3.8) is 0 Å². The number of ether oxygens (including phenoxy) is 1. The number of morpholine rings is 1. The molecule has 1 aromatic heterocycles. The van der Waals surface area contributed by atoms with E-state index in [1.807, 2.05) is 19.1 Å². The molecule has 0 spiro atoms. The second kappa shape index (κ2) is 7.85. The standard InChI is InChI=1S/C17H24ClN5O/c1-3-7-23-13(2)20-21-16(23)12-19-15-6-4-5-14(18)17(15)22-8-10-24-11-9-22/h4-6,19H,3,7-12H2,1-2H3. The van der Waals surface area contributed by atoms with E-state index in [-0.39, 0.29) is 0 Å². The minimum absolute atomic E-state index is 0.624. The molecule has 24 heavy (non-hydrogen) atoms. The van der Waals surface area contributed by atoms with Crippen LogP contribution in [0.2, 0.25) is 5.02 Å². The first-order valence-corrected chi connectivity index (χ1v) is 8.82. The summed E-state index contributed by atoms with van der Waals surface area (Å²) in [6.07, 6.45) is 1.06. The molecule has 1 aliphatic heterocycles. The van der Waals surface area contributed by atoms with E-state index in [4.69, 9.17) is 16.3 Å². The average molecular weight is 350 g/mol. The van der Waals surface area contributed by atoms with Crippen LogP contribution in [-0.4, -0.2) is 41.1 Å². The van der Waals surface area contributed by atoms with E-state index in [9.17, 15) is 0 Å². The van der Waals surface area contributed by atoms with Gasteiger partial charge in [0.05, 0.1) is 36.2 Å². The van der Waals surface area contributed by atoms with Crippen LogP contribution in [0.4, 0.5) is 11.4 Å². The van der Waals surface area contributed by atoms with Gasteiger partial charge in [-0.25, -0.2) is 0 Å². The minimum atomic E-state index is 0.624. The van der Waals surface area contributed by atoms with Gasteiger partial charge in [-0.15, -0.1) is 10.2 Å². The molecule has 0 aliphatic carbocycles. The summed E-state index contributed by atoms with van der Waals surface area (Å²) in [4.78, 5) is 2.27. The number of anilines is 2. The molecule has 2 aromatic rings. The Labute approximate surface area is 147 Å². The number of hydrogen-bond donors (Lipinski definition) is 1. The highest BCUT2D eigenvalue weighted by Crippen LogP contribution is 2.34. The monoisotopic (exact) mass is 349 g/mol. The first-order valence-electron chi connectivity index (χ1n) is 8.44. The Morgan fingerprint density at radius 1 is 1.25 bits per heavy atom. The Morgan fingerprint density at radius 2 is 2.04 bits per heavy atom. The Kier molecular flexibility index (Phi) is 5.58. The van der Waals surface area contributed by atoms with Crippen molar-refractivity contribution >= 4 is 23.0 Å². The summed E-state index contributed by atoms with van der Waals surface area (Å²) in [5.74, 6) is 1.90. The molecular weight excluding hydrogens is 326 g/mol. The maximum absolute atomic E-state index is 6.47. The molecule has 0 radical (unpaired) electrons. The molecule has 7 heteroatoms. The molecule has 0 unspecified atom stereocenters. The van der Waals surface area contributed by atoms with Crippen molar-refractivity contribution in [2.75, 3.05) is 36.5 Å². The minimum Gasteiger partial charge on any atom is -0.378 e. The van der Waals surface area contributed by atoms with Crippen molar-refractivity contribution in [1.82, 2.24) is 14.8 Å². The average Bonchev–Trinajstić information content (AvgIpc) is 2.94. The fraction of sp³-hybridized carbons (Fsp3) is 0.529. The predicted octanol–water partition coefficient (Wildman–Crippen LogP) is 3.10. The Morgan fingerprint density at radius 3 is 2.79 bits per heavy atom. The topological polar surface area (TPSA) is 55.2 Å². The molecule has 2 heterocycles. The van der Waals surface area contributed by atoms with Gasteiger partial charge in [-0.1, -0.05) is 24.6 Å². The van der Waals surface area contributed by atoms with E-state index in [0.29, 0.717) is 6.54 Å². The van der Waals surface area contributed by atoms with E-state index in [2.05, 4.69) is 38.0 Å². The van der Waals surface area contributed by atoms with Gasteiger partial charge < -0.3 is 19.5 Å². The summed E-state index contributed by atoms with van der Waals surface area (Å²) in [5, 5.41) is 12.7. The molecule has 0 saturated carbocycles. The number of para-hydroxylation sites is 1. The molecule has 0 bridgehead atoms. The molecule has 1 saturated heterocycles. The first-order chi connectivity index (χ1) is 11.7. The van der Waals surface area contributed by atoms with Crippen LogP contribution >= 0.6 is 11.6 Å². The summed E-state index contributed by atoms with van der Waals surface area (Å²) in [6.45, 7) is 8.87. The summed E-state index contributed by atoms with van der Waals surface area (Å²) < 4.78 is 7.61. The molecule has 6 nitrogen and oxygen atoms in total. The highest BCUT2D eigenvalue weighted by Gasteiger charge is 2.18. The number of rotatable bonds is 6. The lowest BCUT2D eigenvalue weighted by molar-refractivity contribution is 0.123. The van der Waals surface area contributed by atoms with Gasteiger partial charge >= 0.3 is 0 Å². The van der Waals surface area contributed by atoms with Crippen molar-refractivity contribution in [1.29, 1.82) is 0 Å². The summed E-state index contributed by atoms with van der Waals surface area (Å²) in [7, 11) is 0. The second-order valence-corrected chi connectivity index (χ2v) is 6.31. The lowest BCUT2D eigenvalue weighted by Crippen LogP contribution is -2.36. The summed E-state index contributed by atoms with van der Waals surface area (Å²) in [5.41, 5.74) is 2.06. The van der Waals surface area contributed by atoms with Gasteiger partial charge in [0.25, 0.3) is 0 Å². The molecule has 0 atom stereocenters. The van der Waals surface area contributed by atoms with E-state index in [1.165, 1.54) is 0 Å². The van der Waals surface area contributed by atoms with E-state index < -0.39 is 0 Å². The zero-order valence-electron chi connectivity index (χ0n) is 14.3. The van der Waals surface area contributed by atoms with Crippen LogP contribution in [0.1, 0.15) is 25.0 Å². The number of benzene rings is 1. The normalized spacial score (nSPS) is 14.9. The van der Waals surface area contributed by atoms with Crippen LogP contribution in [0.3, 0.4) is 0 Å². The lowest BCUT2D eigenvalue weighted by Gasteiger charge is -2.31. The Bertz CT molecular complexity index is 682. The second-order valence-electron chi connectivity index (χ2n) is 5.90. The van der Waals surface area contributed by atoms with Crippen molar-refractivity contribution < 1.29 is 4.74 Å². The molecule has 130 valence electrons. The van der Waals surface area contributed by atoms with Gasteiger partial charge in [-0.3, -0.25) is 0 Å². The number of nitrogens with zero attached hydrogens (tertiary/aromatic N) is 4. The smallest absolute Gasteiger partial charge is 0.152 e. The van der Waals surface area contributed by atoms with Gasteiger partial charge in [-0.2, -0.15) is 0 Å². The first kappa shape index (κ1) is 17.0. The largest absolute Gasteiger partial charge is 0.378 e. The van der Waals surface area contributed by atoms with Crippen LogP contribution < -0.4 is 10.2 Å². The van der Waals surface area contributed by atoms with Crippen LogP contribution in [0.5, 0.6) is 0 Å². The van der Waals surface area contributed by atoms with Gasteiger partial charge in [0, 0.05) is 19.6 Å². The van der Waals surface area contributed by atoms with Crippen molar-refractivity contribution in [3.05, 3.63) is 34.9 Å². The fourth-order valence-corrected chi connectivity index (χ4v) is 3.30. The lowest BCUT2D eigenvalue weighted by atomic mass is 10.2. The van der Waals surface area contributed by atoms with Crippen molar-refractivity contribution in [2.24, 2.45) is 0 Å². The zero-order valence-corrected chi connectivity index (χ0v) is 15.0. The molecule has 1 aromatic carbocycles. The summed E-state index contributed by atoms with van der Waals surface area (Å²) in [6, 6.07) is 5.96. The number of aryl methyl sites for hydroxylation is 1. The molecule has 1 fully saturated rings. The maximum Gasteiger partial charge on any atom is 0.152 e. The quantitative estimate of drug-likeness (QED) is 0.868. The molecule has 3 rings (SSSR count). The van der Waals surface area contributed by atoms with Gasteiger partial charge in [0.15, 0.2) is 5.82 Å². The third-order valence-corrected chi connectivity index (χ3v) is 4.52. The third kappa shape index (κ3) is 3.65. The number of aromatic nitrogens is 3. The summed E-state index contributed by atoms with van der Waals surface area (Å²) >= 11 is 6.47. The zero-order chi connectivity index (χ0) is 16.9. The van der Waals surface area contributed by atoms with Crippen molar-refractivity contribution in [2.45, 2.75) is 33.4 Å².